The van der Waals surface area contributed by atoms with Gasteiger partial charge in [0.2, 0.25) is 0 Å². The zero-order chi connectivity index (χ0) is 10.1. The van der Waals surface area contributed by atoms with Gasteiger partial charge < -0.3 is 10.2 Å². The van der Waals surface area contributed by atoms with E-state index in [0.29, 0.717) is 5.92 Å². The third-order valence-electron chi connectivity index (χ3n) is 2.62. The number of aliphatic hydroxyl groups excluding tert-OH is 2. The van der Waals surface area contributed by atoms with Gasteiger partial charge >= 0.3 is 0 Å². The Morgan fingerprint density at radius 3 is 2.57 bits per heavy atom. The summed E-state index contributed by atoms with van der Waals surface area (Å²) in [6.45, 7) is 0. The molecular weight excluding hydrogens is 244 g/mol. The molecule has 0 radical (unpaired) electrons. The molecule has 1 fully saturated rings. The number of benzene rings is 1. The fourth-order valence-corrected chi connectivity index (χ4v) is 2.00. The molecule has 76 valence electrons. The highest BCUT2D eigenvalue weighted by Gasteiger charge is 2.34. The molecule has 1 aromatic rings. The summed E-state index contributed by atoms with van der Waals surface area (Å²) in [7, 11) is 0. The molecule has 0 aliphatic heterocycles. The van der Waals surface area contributed by atoms with Crippen molar-refractivity contribution in [2.24, 2.45) is 5.92 Å². The van der Waals surface area contributed by atoms with E-state index >= 15 is 0 Å². The summed E-state index contributed by atoms with van der Waals surface area (Å²) in [6, 6.07) is 7.44. The van der Waals surface area contributed by atoms with Crippen LogP contribution < -0.4 is 0 Å². The number of rotatable bonds is 3. The molecule has 3 heteroatoms. The predicted molar refractivity (Wildman–Crippen MR) is 57.8 cm³/mol. The molecule has 2 atom stereocenters. The fourth-order valence-electron chi connectivity index (χ4n) is 1.58. The van der Waals surface area contributed by atoms with E-state index in [2.05, 4.69) is 15.9 Å². The second-order valence-corrected chi connectivity index (χ2v) is 4.74. The minimum atomic E-state index is -0.750. The van der Waals surface area contributed by atoms with Crippen LogP contribution in [0.3, 0.4) is 0 Å². The van der Waals surface area contributed by atoms with Gasteiger partial charge in [-0.2, -0.15) is 0 Å². The minimum absolute atomic E-state index is 0.295. The highest BCUT2D eigenvalue weighted by Crippen LogP contribution is 2.38. The van der Waals surface area contributed by atoms with Gasteiger partial charge in [0.15, 0.2) is 0 Å². The molecule has 0 bridgehead atoms. The van der Waals surface area contributed by atoms with Crippen molar-refractivity contribution in [1.82, 2.24) is 0 Å². The van der Waals surface area contributed by atoms with Crippen LogP contribution in [0, 0.1) is 5.92 Å². The molecule has 0 amide bonds. The first-order valence-corrected chi connectivity index (χ1v) is 5.59. The Morgan fingerprint density at radius 2 is 2.00 bits per heavy atom. The van der Waals surface area contributed by atoms with Crippen LogP contribution in [0.4, 0.5) is 0 Å². The van der Waals surface area contributed by atoms with E-state index in [1.54, 1.807) is 0 Å². The molecule has 1 aromatic carbocycles. The highest BCUT2D eigenvalue weighted by atomic mass is 79.9. The van der Waals surface area contributed by atoms with Gasteiger partial charge in [-0.15, -0.1) is 0 Å². The van der Waals surface area contributed by atoms with Crippen molar-refractivity contribution in [2.75, 3.05) is 0 Å². The normalized spacial score (nSPS) is 20.5. The van der Waals surface area contributed by atoms with E-state index in [-0.39, 0.29) is 0 Å². The third-order valence-corrected chi connectivity index (χ3v) is 3.11. The van der Waals surface area contributed by atoms with Crippen molar-refractivity contribution < 1.29 is 10.2 Å². The second-order valence-electron chi connectivity index (χ2n) is 3.83. The van der Waals surface area contributed by atoms with Crippen molar-refractivity contribution >= 4 is 15.9 Å². The SMILES string of the molecule is OC(c1cccc(Br)c1)C(O)C1CC1. The van der Waals surface area contributed by atoms with Crippen molar-refractivity contribution in [3.8, 4) is 0 Å². The molecular formula is C11H13BrO2. The summed E-state index contributed by atoms with van der Waals surface area (Å²) in [4.78, 5) is 0. The van der Waals surface area contributed by atoms with Gasteiger partial charge in [0, 0.05) is 4.47 Å². The quantitative estimate of drug-likeness (QED) is 0.871. The van der Waals surface area contributed by atoms with Crippen molar-refractivity contribution in [3.05, 3.63) is 34.3 Å². The average molecular weight is 257 g/mol. The summed E-state index contributed by atoms with van der Waals surface area (Å²) in [5.74, 6) is 0.295. The molecule has 2 rings (SSSR count). The van der Waals surface area contributed by atoms with E-state index in [0.717, 1.165) is 22.9 Å². The standard InChI is InChI=1S/C11H13BrO2/c12-9-3-1-2-8(6-9)11(14)10(13)7-4-5-7/h1-3,6-7,10-11,13-14H,4-5H2. The van der Waals surface area contributed by atoms with E-state index in [1.807, 2.05) is 24.3 Å². The lowest BCUT2D eigenvalue weighted by Gasteiger charge is -2.17. The lowest BCUT2D eigenvalue weighted by molar-refractivity contribution is 0.00482. The van der Waals surface area contributed by atoms with Crippen molar-refractivity contribution in [1.29, 1.82) is 0 Å². The van der Waals surface area contributed by atoms with Crippen molar-refractivity contribution in [3.63, 3.8) is 0 Å². The molecule has 2 N–H and O–H groups in total. The Bertz CT molecular complexity index is 323. The molecule has 0 saturated heterocycles. The summed E-state index contributed by atoms with van der Waals surface area (Å²) in [5, 5.41) is 19.6. The van der Waals surface area contributed by atoms with Crippen LogP contribution >= 0.6 is 15.9 Å². The Hall–Kier alpha value is -0.380. The van der Waals surface area contributed by atoms with Gasteiger partial charge in [-0.25, -0.2) is 0 Å². The smallest absolute Gasteiger partial charge is 0.105 e. The maximum atomic E-state index is 9.85. The molecule has 2 nitrogen and oxygen atoms in total. The summed E-state index contributed by atoms with van der Waals surface area (Å²) in [6.07, 6.45) is 0.711. The Kier molecular flexibility index (Phi) is 2.91. The molecule has 14 heavy (non-hydrogen) atoms. The summed E-state index contributed by atoms with van der Waals surface area (Å²) >= 11 is 3.34. The zero-order valence-corrected chi connectivity index (χ0v) is 9.31. The predicted octanol–water partition coefficient (Wildman–Crippen LogP) is 2.25. The van der Waals surface area contributed by atoms with Crippen LogP contribution in [0.25, 0.3) is 0 Å². The molecule has 1 saturated carbocycles. The molecule has 0 aromatic heterocycles. The van der Waals surface area contributed by atoms with Gasteiger partial charge in [0.25, 0.3) is 0 Å². The molecule has 1 aliphatic carbocycles. The van der Waals surface area contributed by atoms with Crippen LogP contribution in [0.5, 0.6) is 0 Å². The van der Waals surface area contributed by atoms with Crippen LogP contribution in [0.1, 0.15) is 24.5 Å². The number of hydrogen-bond donors (Lipinski definition) is 2. The van der Waals surface area contributed by atoms with E-state index in [9.17, 15) is 10.2 Å². The van der Waals surface area contributed by atoms with E-state index in [1.165, 1.54) is 0 Å². The molecule has 2 unspecified atom stereocenters. The van der Waals surface area contributed by atoms with Crippen LogP contribution in [-0.2, 0) is 0 Å². The molecule has 1 aliphatic rings. The van der Waals surface area contributed by atoms with Gasteiger partial charge in [0.05, 0.1) is 6.10 Å². The van der Waals surface area contributed by atoms with Gasteiger partial charge in [-0.05, 0) is 36.5 Å². The number of halogens is 1. The Labute approximate surface area is 91.7 Å². The first-order chi connectivity index (χ1) is 6.68. The van der Waals surface area contributed by atoms with E-state index < -0.39 is 12.2 Å². The van der Waals surface area contributed by atoms with Gasteiger partial charge in [-0.3, -0.25) is 0 Å². The number of hydrogen-bond acceptors (Lipinski definition) is 2. The average Bonchev–Trinajstić information content (AvgIpc) is 2.99. The third kappa shape index (κ3) is 2.16. The maximum absolute atomic E-state index is 9.85. The first kappa shape index (κ1) is 10.1. The number of aliphatic hydroxyl groups is 2. The van der Waals surface area contributed by atoms with Crippen LogP contribution in [-0.4, -0.2) is 16.3 Å². The largest absolute Gasteiger partial charge is 0.390 e. The zero-order valence-electron chi connectivity index (χ0n) is 7.73. The molecule has 0 spiro atoms. The lowest BCUT2D eigenvalue weighted by Crippen LogP contribution is -2.20. The minimum Gasteiger partial charge on any atom is -0.390 e. The Morgan fingerprint density at radius 1 is 1.29 bits per heavy atom. The highest BCUT2D eigenvalue weighted by molar-refractivity contribution is 9.10. The summed E-state index contributed by atoms with van der Waals surface area (Å²) in [5.41, 5.74) is 0.777. The second kappa shape index (κ2) is 4.01. The maximum Gasteiger partial charge on any atom is 0.105 e. The fraction of sp³-hybridized carbons (Fsp3) is 0.455. The van der Waals surface area contributed by atoms with Crippen LogP contribution in [0.2, 0.25) is 0 Å². The van der Waals surface area contributed by atoms with Crippen LogP contribution in [0.15, 0.2) is 28.7 Å². The first-order valence-electron chi connectivity index (χ1n) is 4.80. The van der Waals surface area contributed by atoms with E-state index in [4.69, 9.17) is 0 Å². The monoisotopic (exact) mass is 256 g/mol. The summed E-state index contributed by atoms with van der Waals surface area (Å²) < 4.78 is 0.928. The topological polar surface area (TPSA) is 40.5 Å². The molecule has 0 heterocycles. The van der Waals surface area contributed by atoms with Crippen molar-refractivity contribution in [2.45, 2.75) is 25.0 Å². The Balaban J connectivity index is 2.13. The lowest BCUT2D eigenvalue weighted by atomic mass is 10.0. The van der Waals surface area contributed by atoms with Gasteiger partial charge in [-0.1, -0.05) is 28.1 Å². The van der Waals surface area contributed by atoms with Gasteiger partial charge in [0.1, 0.15) is 6.10 Å².